The fraction of sp³-hybridized carbons (Fsp3) is 0.750. The fourth-order valence-corrected chi connectivity index (χ4v) is 2.85. The second-order valence-electron chi connectivity index (χ2n) is 5.30. The van der Waals surface area contributed by atoms with Crippen molar-refractivity contribution in [1.29, 1.82) is 0 Å². The van der Waals surface area contributed by atoms with E-state index < -0.39 is 0 Å². The second kappa shape index (κ2) is 11.4. The third-order valence-corrected chi connectivity index (χ3v) is 4.33. The molecular weight excluding hydrogens is 252 g/mol. The zero-order valence-electron chi connectivity index (χ0n) is 12.7. The third kappa shape index (κ3) is 9.20. The number of thiophene rings is 1. The lowest BCUT2D eigenvalue weighted by molar-refractivity contribution is 0.328. The summed E-state index contributed by atoms with van der Waals surface area (Å²) in [5.41, 5.74) is 0. The summed E-state index contributed by atoms with van der Waals surface area (Å²) in [7, 11) is 2.25. The summed E-state index contributed by atoms with van der Waals surface area (Å²) in [5.74, 6) is 0. The van der Waals surface area contributed by atoms with Crippen LogP contribution < -0.4 is 5.32 Å². The Balaban J connectivity index is 1.86. The van der Waals surface area contributed by atoms with Crippen LogP contribution in [0, 0.1) is 0 Å². The average Bonchev–Trinajstić information content (AvgIpc) is 2.93. The molecule has 1 rings (SSSR count). The van der Waals surface area contributed by atoms with E-state index in [1.165, 1.54) is 69.6 Å². The van der Waals surface area contributed by atoms with E-state index in [4.69, 9.17) is 0 Å². The Hall–Kier alpha value is -0.380. The molecule has 1 aromatic rings. The minimum absolute atomic E-state index is 1.17. The number of rotatable bonds is 12. The van der Waals surface area contributed by atoms with Crippen molar-refractivity contribution in [2.75, 3.05) is 33.2 Å². The number of hydrogen-bond donors (Lipinski definition) is 1. The van der Waals surface area contributed by atoms with Crippen LogP contribution in [0.4, 0.5) is 0 Å². The minimum atomic E-state index is 1.17. The number of nitrogens with one attached hydrogen (secondary N) is 1. The molecule has 0 aliphatic carbocycles. The lowest BCUT2D eigenvalue weighted by Gasteiger charge is -2.15. The molecule has 1 N–H and O–H groups in total. The van der Waals surface area contributed by atoms with Gasteiger partial charge in [0.1, 0.15) is 0 Å². The van der Waals surface area contributed by atoms with Crippen molar-refractivity contribution in [3.63, 3.8) is 0 Å². The highest BCUT2D eigenvalue weighted by Crippen LogP contribution is 2.09. The van der Waals surface area contributed by atoms with Crippen molar-refractivity contribution in [2.24, 2.45) is 0 Å². The van der Waals surface area contributed by atoms with E-state index in [-0.39, 0.29) is 0 Å². The molecule has 0 aromatic carbocycles. The monoisotopic (exact) mass is 282 g/mol. The van der Waals surface area contributed by atoms with E-state index in [0.29, 0.717) is 0 Å². The van der Waals surface area contributed by atoms with Crippen LogP contribution in [0.3, 0.4) is 0 Å². The van der Waals surface area contributed by atoms with Gasteiger partial charge in [-0.15, -0.1) is 11.3 Å². The average molecular weight is 282 g/mol. The van der Waals surface area contributed by atoms with Gasteiger partial charge in [-0.3, -0.25) is 0 Å². The van der Waals surface area contributed by atoms with Gasteiger partial charge in [-0.25, -0.2) is 0 Å². The van der Waals surface area contributed by atoms with E-state index in [1.807, 2.05) is 11.3 Å². The normalized spacial score (nSPS) is 11.3. The molecule has 1 heterocycles. The minimum Gasteiger partial charge on any atom is -0.317 e. The molecule has 0 fully saturated rings. The Morgan fingerprint density at radius 1 is 1.11 bits per heavy atom. The molecule has 1 aromatic heterocycles. The summed E-state index contributed by atoms with van der Waals surface area (Å²) in [5, 5.41) is 5.63. The number of likely N-dealkylation sites (N-methyl/N-ethyl adjacent to an activating group) is 1. The van der Waals surface area contributed by atoms with Crippen molar-refractivity contribution in [3.8, 4) is 0 Å². The van der Waals surface area contributed by atoms with Gasteiger partial charge in [0.2, 0.25) is 0 Å². The quantitative estimate of drug-likeness (QED) is 0.587. The Morgan fingerprint density at radius 2 is 1.95 bits per heavy atom. The number of hydrogen-bond acceptors (Lipinski definition) is 3. The summed E-state index contributed by atoms with van der Waals surface area (Å²) in [6.07, 6.45) is 7.87. The molecule has 0 atom stereocenters. The van der Waals surface area contributed by atoms with Crippen molar-refractivity contribution < 1.29 is 0 Å². The smallest absolute Gasteiger partial charge is 0.00579 e. The number of unbranched alkanes of at least 4 members (excludes halogenated alkanes) is 3. The lowest BCUT2D eigenvalue weighted by atomic mass is 10.2. The zero-order chi connectivity index (χ0) is 13.8. The molecule has 0 saturated heterocycles. The Morgan fingerprint density at radius 3 is 2.68 bits per heavy atom. The molecule has 110 valence electrons. The van der Waals surface area contributed by atoms with Crippen LogP contribution in [0.2, 0.25) is 0 Å². The molecule has 0 unspecified atom stereocenters. The lowest BCUT2D eigenvalue weighted by Crippen LogP contribution is -2.22. The van der Waals surface area contributed by atoms with Crippen LogP contribution in [0.5, 0.6) is 0 Å². The van der Waals surface area contributed by atoms with Crippen LogP contribution in [0.15, 0.2) is 17.5 Å². The van der Waals surface area contributed by atoms with Gasteiger partial charge < -0.3 is 10.2 Å². The molecular formula is C16H30N2S. The van der Waals surface area contributed by atoms with E-state index in [2.05, 4.69) is 41.7 Å². The Labute approximate surface area is 123 Å². The summed E-state index contributed by atoms with van der Waals surface area (Å²) in [6, 6.07) is 4.38. The van der Waals surface area contributed by atoms with Gasteiger partial charge in [0.05, 0.1) is 0 Å². The van der Waals surface area contributed by atoms with Crippen molar-refractivity contribution in [2.45, 2.75) is 45.4 Å². The van der Waals surface area contributed by atoms with Gasteiger partial charge in [-0.2, -0.15) is 0 Å². The third-order valence-electron chi connectivity index (χ3n) is 3.39. The van der Waals surface area contributed by atoms with E-state index in [1.54, 1.807) is 0 Å². The van der Waals surface area contributed by atoms with Gasteiger partial charge in [0.15, 0.2) is 0 Å². The highest BCUT2D eigenvalue weighted by Gasteiger charge is 2.00. The van der Waals surface area contributed by atoms with Crippen LogP contribution in [-0.4, -0.2) is 38.1 Å². The topological polar surface area (TPSA) is 15.3 Å². The predicted molar refractivity (Wildman–Crippen MR) is 87.1 cm³/mol. The highest BCUT2D eigenvalue weighted by molar-refractivity contribution is 7.09. The van der Waals surface area contributed by atoms with Crippen molar-refractivity contribution >= 4 is 11.3 Å². The molecule has 0 aliphatic rings. The standard InChI is InChI=1S/C16H30N2S/c1-3-11-17-12-6-4-5-7-13-18(2)14-10-16-9-8-15-19-16/h8-9,15,17H,3-7,10-14H2,1-2H3. The van der Waals surface area contributed by atoms with Crippen LogP contribution in [0.25, 0.3) is 0 Å². The maximum absolute atomic E-state index is 3.46. The van der Waals surface area contributed by atoms with Crippen molar-refractivity contribution in [3.05, 3.63) is 22.4 Å². The summed E-state index contributed by atoms with van der Waals surface area (Å²) < 4.78 is 0. The second-order valence-corrected chi connectivity index (χ2v) is 6.33. The molecule has 19 heavy (non-hydrogen) atoms. The molecule has 2 nitrogen and oxygen atoms in total. The van der Waals surface area contributed by atoms with E-state index in [0.717, 1.165) is 0 Å². The van der Waals surface area contributed by atoms with Crippen LogP contribution in [0.1, 0.15) is 43.9 Å². The molecule has 0 bridgehead atoms. The molecule has 0 aliphatic heterocycles. The maximum atomic E-state index is 3.46. The Kier molecular flexibility index (Phi) is 10.0. The van der Waals surface area contributed by atoms with Crippen LogP contribution in [-0.2, 0) is 6.42 Å². The first-order valence-electron chi connectivity index (χ1n) is 7.74. The maximum Gasteiger partial charge on any atom is 0.00579 e. The predicted octanol–water partition coefficient (Wildman–Crippen LogP) is 3.78. The van der Waals surface area contributed by atoms with Crippen molar-refractivity contribution in [1.82, 2.24) is 10.2 Å². The highest BCUT2D eigenvalue weighted by atomic mass is 32.1. The first kappa shape index (κ1) is 16.7. The summed E-state index contributed by atoms with van der Waals surface area (Å²) in [6.45, 7) is 7.03. The first-order valence-corrected chi connectivity index (χ1v) is 8.62. The fourth-order valence-electron chi connectivity index (χ4n) is 2.15. The van der Waals surface area contributed by atoms with Gasteiger partial charge in [0, 0.05) is 11.4 Å². The van der Waals surface area contributed by atoms with Gasteiger partial charge in [-0.1, -0.05) is 25.8 Å². The largest absolute Gasteiger partial charge is 0.317 e. The van der Waals surface area contributed by atoms with Gasteiger partial charge in [0.25, 0.3) is 0 Å². The zero-order valence-corrected chi connectivity index (χ0v) is 13.5. The molecule has 0 radical (unpaired) electrons. The molecule has 0 spiro atoms. The summed E-state index contributed by atoms with van der Waals surface area (Å²) >= 11 is 1.87. The van der Waals surface area contributed by atoms with E-state index >= 15 is 0 Å². The first-order chi connectivity index (χ1) is 9.33. The van der Waals surface area contributed by atoms with Gasteiger partial charge >= 0.3 is 0 Å². The molecule has 3 heteroatoms. The SMILES string of the molecule is CCCNCCCCCCN(C)CCc1cccs1. The number of nitrogens with zero attached hydrogens (tertiary/aromatic N) is 1. The van der Waals surface area contributed by atoms with Crippen LogP contribution >= 0.6 is 11.3 Å². The summed E-state index contributed by atoms with van der Waals surface area (Å²) in [4.78, 5) is 3.98. The Bertz CT molecular complexity index is 285. The molecule has 0 amide bonds. The van der Waals surface area contributed by atoms with Gasteiger partial charge in [-0.05, 0) is 63.8 Å². The molecule has 0 saturated carbocycles. The van der Waals surface area contributed by atoms with E-state index in [9.17, 15) is 0 Å².